The van der Waals surface area contributed by atoms with Gasteiger partial charge in [-0.15, -0.1) is 0 Å². The standard InChI is InChI=1S/C24H19ClF3N7O4/c1-33-9-30-23-16(24(33)39)12(10-5-11(22(29)38)20(37)19(27)18(10)26)7-35(23)8-15(36)31-13-6-14(34-3-2-4-34)32-21(28)17(13)25/h5-7,9,37H,2-4,8H2,1H3,(H2,29,38)(H,31,32,36). The number of fused-ring (bicyclic) bond motifs is 1. The number of anilines is 2. The quantitative estimate of drug-likeness (QED) is 0.306. The number of nitrogens with one attached hydrogen (secondary N) is 1. The Morgan fingerprint density at radius 1 is 1.18 bits per heavy atom. The summed E-state index contributed by atoms with van der Waals surface area (Å²) in [6, 6.07) is 2.23. The number of nitrogens with two attached hydrogens (primary N) is 1. The van der Waals surface area contributed by atoms with Crippen LogP contribution in [0.2, 0.25) is 5.02 Å². The van der Waals surface area contributed by atoms with Crippen molar-refractivity contribution in [2.45, 2.75) is 13.0 Å². The number of hydrogen-bond acceptors (Lipinski definition) is 7. The van der Waals surface area contributed by atoms with Gasteiger partial charge in [-0.2, -0.15) is 8.78 Å². The molecule has 1 aliphatic rings. The van der Waals surface area contributed by atoms with E-state index in [9.17, 15) is 32.7 Å². The van der Waals surface area contributed by atoms with E-state index < -0.39 is 63.4 Å². The molecule has 4 heterocycles. The molecular weight excluding hydrogens is 543 g/mol. The molecule has 202 valence electrons. The maximum Gasteiger partial charge on any atom is 0.263 e. The lowest BCUT2D eigenvalue weighted by atomic mass is 10.0. The van der Waals surface area contributed by atoms with Gasteiger partial charge in [0.25, 0.3) is 11.5 Å². The van der Waals surface area contributed by atoms with Crippen LogP contribution >= 0.6 is 11.6 Å². The average molecular weight is 562 g/mol. The number of rotatable bonds is 6. The normalized spacial score (nSPS) is 13.0. The van der Waals surface area contributed by atoms with Gasteiger partial charge in [0.2, 0.25) is 17.7 Å². The zero-order valence-electron chi connectivity index (χ0n) is 20.1. The molecule has 39 heavy (non-hydrogen) atoms. The highest BCUT2D eigenvalue weighted by atomic mass is 35.5. The van der Waals surface area contributed by atoms with Gasteiger partial charge in [0, 0.05) is 43.5 Å². The van der Waals surface area contributed by atoms with E-state index in [1.54, 1.807) is 4.90 Å². The molecule has 0 atom stereocenters. The van der Waals surface area contributed by atoms with Gasteiger partial charge in [0.05, 0.1) is 23.0 Å². The number of benzene rings is 1. The molecule has 1 aliphatic heterocycles. The molecule has 1 fully saturated rings. The van der Waals surface area contributed by atoms with Crippen molar-refractivity contribution in [3.05, 3.63) is 63.2 Å². The number of amides is 2. The third-order valence-corrected chi connectivity index (χ3v) is 6.71. The van der Waals surface area contributed by atoms with Crippen molar-refractivity contribution in [2.75, 3.05) is 23.3 Å². The van der Waals surface area contributed by atoms with Gasteiger partial charge < -0.3 is 30.2 Å². The van der Waals surface area contributed by atoms with E-state index in [-0.39, 0.29) is 22.3 Å². The van der Waals surface area contributed by atoms with Gasteiger partial charge in [-0.05, 0) is 12.5 Å². The van der Waals surface area contributed by atoms with Crippen molar-refractivity contribution in [3.8, 4) is 16.9 Å². The summed E-state index contributed by atoms with van der Waals surface area (Å²) in [5, 5.41) is 11.7. The highest BCUT2D eigenvalue weighted by Gasteiger charge is 2.26. The largest absolute Gasteiger partial charge is 0.504 e. The average Bonchev–Trinajstić information content (AvgIpc) is 3.20. The van der Waals surface area contributed by atoms with Crippen molar-refractivity contribution in [3.63, 3.8) is 0 Å². The van der Waals surface area contributed by atoms with E-state index >= 15 is 0 Å². The number of pyridine rings is 1. The van der Waals surface area contributed by atoms with Gasteiger partial charge >= 0.3 is 0 Å². The monoisotopic (exact) mass is 561 g/mol. The number of phenols is 1. The van der Waals surface area contributed by atoms with Crippen LogP contribution in [0.3, 0.4) is 0 Å². The molecule has 0 saturated carbocycles. The summed E-state index contributed by atoms with van der Waals surface area (Å²) in [6.45, 7) is 0.846. The van der Waals surface area contributed by atoms with Crippen molar-refractivity contribution in [2.24, 2.45) is 12.8 Å². The van der Waals surface area contributed by atoms with Crippen LogP contribution in [0.15, 0.2) is 29.5 Å². The fourth-order valence-corrected chi connectivity index (χ4v) is 4.36. The van der Waals surface area contributed by atoms with E-state index in [0.717, 1.165) is 17.1 Å². The summed E-state index contributed by atoms with van der Waals surface area (Å²) in [5.41, 5.74) is 2.94. The third kappa shape index (κ3) is 4.41. The molecule has 5 rings (SSSR count). The smallest absolute Gasteiger partial charge is 0.263 e. The summed E-state index contributed by atoms with van der Waals surface area (Å²) < 4.78 is 46.0. The predicted octanol–water partition coefficient (Wildman–Crippen LogP) is 2.52. The first-order chi connectivity index (χ1) is 18.5. The number of aromatic hydroxyl groups is 1. The first-order valence-corrected chi connectivity index (χ1v) is 11.8. The zero-order valence-corrected chi connectivity index (χ0v) is 20.9. The first-order valence-electron chi connectivity index (χ1n) is 11.4. The van der Waals surface area contributed by atoms with Crippen molar-refractivity contribution < 1.29 is 27.9 Å². The van der Waals surface area contributed by atoms with Crippen molar-refractivity contribution in [1.82, 2.24) is 19.1 Å². The van der Waals surface area contributed by atoms with Gasteiger partial charge in [0.15, 0.2) is 11.6 Å². The van der Waals surface area contributed by atoms with Crippen LogP contribution in [0.5, 0.6) is 5.75 Å². The minimum absolute atomic E-state index is 0.0330. The second-order valence-corrected chi connectivity index (χ2v) is 9.24. The number of aryl methyl sites for hydroxylation is 1. The number of primary amides is 1. The van der Waals surface area contributed by atoms with Gasteiger partial charge in [0.1, 0.15) is 23.0 Å². The maximum atomic E-state index is 15.0. The van der Waals surface area contributed by atoms with E-state index in [1.807, 2.05) is 0 Å². The predicted molar refractivity (Wildman–Crippen MR) is 135 cm³/mol. The topological polar surface area (TPSA) is 148 Å². The molecule has 0 aliphatic carbocycles. The second kappa shape index (κ2) is 9.62. The third-order valence-electron chi connectivity index (χ3n) is 6.35. The number of aromatic nitrogens is 4. The van der Waals surface area contributed by atoms with Crippen LogP contribution in [0.1, 0.15) is 16.8 Å². The minimum Gasteiger partial charge on any atom is -0.504 e. The summed E-state index contributed by atoms with van der Waals surface area (Å²) in [7, 11) is 1.38. The van der Waals surface area contributed by atoms with Crippen molar-refractivity contribution in [1.29, 1.82) is 0 Å². The molecule has 11 nitrogen and oxygen atoms in total. The molecule has 0 spiro atoms. The molecule has 15 heteroatoms. The Kier molecular flexibility index (Phi) is 6.42. The Morgan fingerprint density at radius 2 is 1.90 bits per heavy atom. The fraction of sp³-hybridized carbons (Fsp3) is 0.208. The summed E-state index contributed by atoms with van der Waals surface area (Å²) in [4.78, 5) is 47.4. The van der Waals surface area contributed by atoms with E-state index in [0.29, 0.717) is 18.9 Å². The lowest BCUT2D eigenvalue weighted by Crippen LogP contribution is -2.37. The molecule has 1 saturated heterocycles. The molecule has 4 N–H and O–H groups in total. The van der Waals surface area contributed by atoms with E-state index in [2.05, 4.69) is 15.3 Å². The Labute approximate surface area is 222 Å². The SMILES string of the molecule is Cn1cnc2c(c(-c3cc(C(N)=O)c(O)c(F)c3F)cn2CC(=O)Nc2cc(N3CCC3)nc(F)c2Cl)c1=O. The molecular formula is C24H19ClF3N7O4. The molecule has 1 aromatic carbocycles. The number of carbonyl (C=O) groups is 2. The zero-order chi connectivity index (χ0) is 28.2. The van der Waals surface area contributed by atoms with Crippen LogP contribution in [0.25, 0.3) is 22.2 Å². The Balaban J connectivity index is 1.58. The first kappa shape index (κ1) is 26.0. The summed E-state index contributed by atoms with van der Waals surface area (Å²) in [5.74, 6) is -7.19. The Hall–Kier alpha value is -4.59. The highest BCUT2D eigenvalue weighted by molar-refractivity contribution is 6.33. The molecule has 0 unspecified atom stereocenters. The van der Waals surface area contributed by atoms with Crippen LogP contribution in [-0.4, -0.2) is 49.1 Å². The lowest BCUT2D eigenvalue weighted by molar-refractivity contribution is -0.116. The van der Waals surface area contributed by atoms with E-state index in [1.165, 1.54) is 30.2 Å². The van der Waals surface area contributed by atoms with Gasteiger partial charge in [-0.1, -0.05) is 11.6 Å². The maximum absolute atomic E-state index is 15.0. The van der Waals surface area contributed by atoms with Crippen LogP contribution in [-0.2, 0) is 18.4 Å². The van der Waals surface area contributed by atoms with Crippen LogP contribution in [0.4, 0.5) is 24.7 Å². The second-order valence-electron chi connectivity index (χ2n) is 8.86. The Morgan fingerprint density at radius 3 is 2.54 bits per heavy atom. The van der Waals surface area contributed by atoms with Gasteiger partial charge in [-0.3, -0.25) is 14.4 Å². The van der Waals surface area contributed by atoms with Crippen molar-refractivity contribution >= 4 is 46.0 Å². The number of nitrogens with zero attached hydrogens (tertiary/aromatic N) is 5. The molecule has 0 radical (unpaired) electrons. The fourth-order valence-electron chi connectivity index (χ4n) is 4.22. The Bertz CT molecular complexity index is 1750. The number of halogens is 4. The molecule has 4 aromatic rings. The molecule has 3 aromatic heterocycles. The molecule has 0 bridgehead atoms. The summed E-state index contributed by atoms with van der Waals surface area (Å²) >= 11 is 6.01. The van der Waals surface area contributed by atoms with Gasteiger partial charge in [-0.25, -0.2) is 14.4 Å². The highest BCUT2D eigenvalue weighted by Crippen LogP contribution is 2.36. The summed E-state index contributed by atoms with van der Waals surface area (Å²) in [6.07, 6.45) is 3.24. The molecule has 2 amide bonds. The lowest BCUT2D eigenvalue weighted by Gasteiger charge is -2.32. The van der Waals surface area contributed by atoms with E-state index in [4.69, 9.17) is 17.3 Å². The van der Waals surface area contributed by atoms with Crippen LogP contribution in [0, 0.1) is 17.6 Å². The van der Waals surface area contributed by atoms with Crippen LogP contribution < -0.4 is 21.5 Å². The minimum atomic E-state index is -1.74. The number of hydrogen-bond donors (Lipinski definition) is 3. The number of carbonyl (C=O) groups excluding carboxylic acids is 2.